The molecule has 1 aliphatic rings. The van der Waals surface area contributed by atoms with Gasteiger partial charge in [0, 0.05) is 28.9 Å². The average molecular weight is 441 g/mol. The van der Waals surface area contributed by atoms with Gasteiger partial charge in [-0.05, 0) is 70.3 Å². The summed E-state index contributed by atoms with van der Waals surface area (Å²) in [5, 5.41) is 1.31. The van der Waals surface area contributed by atoms with Crippen molar-refractivity contribution >= 4 is 17.4 Å². The maximum Gasteiger partial charge on any atom is 0.333 e. The molecular formula is C21H27F3N4OS. The number of nitrogens with zero attached hydrogens (tertiary/aromatic N) is 2. The van der Waals surface area contributed by atoms with Gasteiger partial charge in [-0.2, -0.15) is 13.2 Å². The molecule has 0 bridgehead atoms. The largest absolute Gasteiger partial charge is 0.352 e. The molecule has 2 aromatic rings. The van der Waals surface area contributed by atoms with Gasteiger partial charge in [-0.1, -0.05) is 6.07 Å². The van der Waals surface area contributed by atoms with Gasteiger partial charge < -0.3 is 5.73 Å². The van der Waals surface area contributed by atoms with Crippen molar-refractivity contribution in [3.63, 3.8) is 0 Å². The molecule has 2 amide bonds. The molecule has 1 saturated heterocycles. The van der Waals surface area contributed by atoms with Gasteiger partial charge >= 0.3 is 12.1 Å². The van der Waals surface area contributed by atoms with E-state index in [4.69, 9.17) is 5.73 Å². The molecule has 3 N–H and O–H groups in total. The topological polar surface area (TPSA) is 71.2 Å². The maximum atomic E-state index is 15.2. The van der Waals surface area contributed by atoms with E-state index in [0.717, 1.165) is 22.6 Å². The molecule has 2 aromatic heterocycles. The van der Waals surface area contributed by atoms with Crippen molar-refractivity contribution in [3.8, 4) is 0 Å². The second-order valence-corrected chi connectivity index (χ2v) is 9.59. The van der Waals surface area contributed by atoms with E-state index in [1.54, 1.807) is 17.6 Å². The van der Waals surface area contributed by atoms with Crippen LogP contribution in [0.5, 0.6) is 0 Å². The van der Waals surface area contributed by atoms with Crippen LogP contribution in [0.1, 0.15) is 42.8 Å². The lowest BCUT2D eigenvalue weighted by Crippen LogP contribution is -2.57. The van der Waals surface area contributed by atoms with Crippen molar-refractivity contribution in [2.45, 2.75) is 51.6 Å². The van der Waals surface area contributed by atoms with E-state index in [9.17, 15) is 9.18 Å². The fourth-order valence-corrected chi connectivity index (χ4v) is 4.84. The Morgan fingerprint density at radius 2 is 2.07 bits per heavy atom. The summed E-state index contributed by atoms with van der Waals surface area (Å²) < 4.78 is 43.8. The van der Waals surface area contributed by atoms with Crippen molar-refractivity contribution in [2.75, 3.05) is 13.1 Å². The number of urea groups is 1. The number of hydrogen-bond acceptors (Lipinski definition) is 4. The number of rotatable bonds is 7. The SMILES string of the molecule is Cc1ccc(C(C)(C)N2CCC(CCc3ccc(F)s3)(C(F)(F)NC(N)=O)C2)cn1. The summed E-state index contributed by atoms with van der Waals surface area (Å²) in [6, 6.07) is 2.04. The molecule has 1 atom stereocenters. The number of halogens is 3. The number of aromatic nitrogens is 1. The van der Waals surface area contributed by atoms with Gasteiger partial charge in [0.1, 0.15) is 0 Å². The Labute approximate surface area is 178 Å². The van der Waals surface area contributed by atoms with E-state index < -0.39 is 23.0 Å². The number of alkyl halides is 2. The third-order valence-corrected chi connectivity index (χ3v) is 7.12. The molecule has 1 unspecified atom stereocenters. The Balaban J connectivity index is 1.87. The number of carbonyl (C=O) groups excluding carboxylic acids is 1. The zero-order valence-electron chi connectivity index (χ0n) is 17.3. The van der Waals surface area contributed by atoms with Crippen LogP contribution in [0, 0.1) is 17.5 Å². The first-order chi connectivity index (χ1) is 13.9. The van der Waals surface area contributed by atoms with E-state index in [1.807, 2.05) is 37.8 Å². The number of aryl methyl sites for hydroxylation is 2. The number of thiophene rings is 1. The van der Waals surface area contributed by atoms with Crippen molar-refractivity contribution in [2.24, 2.45) is 11.1 Å². The number of likely N-dealkylation sites (tertiary alicyclic amines) is 1. The molecule has 1 fully saturated rings. The van der Waals surface area contributed by atoms with Crippen LogP contribution in [0.15, 0.2) is 30.5 Å². The monoisotopic (exact) mass is 440 g/mol. The first-order valence-electron chi connectivity index (χ1n) is 9.83. The normalized spacial score (nSPS) is 20.5. The molecule has 30 heavy (non-hydrogen) atoms. The number of hydrogen-bond donors (Lipinski definition) is 2. The van der Waals surface area contributed by atoms with Crippen LogP contribution in [-0.4, -0.2) is 35.1 Å². The number of primary amides is 1. The first kappa shape index (κ1) is 22.6. The number of nitrogens with two attached hydrogens (primary N) is 1. The molecule has 0 aliphatic carbocycles. The van der Waals surface area contributed by atoms with Gasteiger partial charge in [-0.15, -0.1) is 11.3 Å². The Morgan fingerprint density at radius 3 is 2.63 bits per heavy atom. The van der Waals surface area contributed by atoms with Crippen LogP contribution < -0.4 is 11.1 Å². The number of nitrogens with one attached hydrogen (secondary N) is 1. The Morgan fingerprint density at radius 1 is 1.33 bits per heavy atom. The van der Waals surface area contributed by atoms with Gasteiger partial charge in [0.15, 0.2) is 5.13 Å². The highest BCUT2D eigenvalue weighted by Gasteiger charge is 2.58. The first-order valence-corrected chi connectivity index (χ1v) is 10.6. The minimum absolute atomic E-state index is 0.0645. The molecule has 0 saturated carbocycles. The van der Waals surface area contributed by atoms with Crippen LogP contribution in [0.4, 0.5) is 18.0 Å². The summed E-state index contributed by atoms with van der Waals surface area (Å²) in [6.45, 7) is 6.33. The summed E-state index contributed by atoms with van der Waals surface area (Å²) in [5.41, 5.74) is 4.80. The number of amides is 2. The minimum atomic E-state index is -3.50. The van der Waals surface area contributed by atoms with Gasteiger partial charge in [0.05, 0.1) is 5.41 Å². The second-order valence-electron chi connectivity index (χ2n) is 8.47. The summed E-state index contributed by atoms with van der Waals surface area (Å²) in [4.78, 5) is 18.3. The van der Waals surface area contributed by atoms with Crippen LogP contribution in [0.3, 0.4) is 0 Å². The van der Waals surface area contributed by atoms with Crippen molar-refractivity contribution in [1.29, 1.82) is 0 Å². The summed E-state index contributed by atoms with van der Waals surface area (Å²) in [6.07, 6.45) is 2.34. The lowest BCUT2D eigenvalue weighted by atomic mass is 9.79. The van der Waals surface area contributed by atoms with E-state index in [2.05, 4.69) is 4.98 Å². The lowest BCUT2D eigenvalue weighted by Gasteiger charge is -2.40. The van der Waals surface area contributed by atoms with E-state index in [-0.39, 0.29) is 24.5 Å². The highest BCUT2D eigenvalue weighted by atomic mass is 32.1. The molecule has 3 rings (SSSR count). The zero-order chi connectivity index (χ0) is 22.2. The van der Waals surface area contributed by atoms with E-state index in [0.29, 0.717) is 17.8 Å². The van der Waals surface area contributed by atoms with Crippen molar-refractivity contribution in [1.82, 2.24) is 15.2 Å². The fourth-order valence-electron chi connectivity index (χ4n) is 4.12. The molecule has 0 aromatic carbocycles. The van der Waals surface area contributed by atoms with Gasteiger partial charge in [0.2, 0.25) is 0 Å². The second kappa shape index (κ2) is 8.19. The summed E-state index contributed by atoms with van der Waals surface area (Å²) in [7, 11) is 0. The average Bonchev–Trinajstić information content (AvgIpc) is 3.27. The molecular weight excluding hydrogens is 413 g/mol. The maximum absolute atomic E-state index is 15.2. The Hall–Kier alpha value is -2.13. The van der Waals surface area contributed by atoms with Crippen LogP contribution >= 0.6 is 11.3 Å². The van der Waals surface area contributed by atoms with E-state index >= 15 is 8.78 Å². The van der Waals surface area contributed by atoms with Crippen LogP contribution in [0.25, 0.3) is 0 Å². The van der Waals surface area contributed by atoms with Gasteiger partial charge in [0.25, 0.3) is 0 Å². The molecule has 164 valence electrons. The minimum Gasteiger partial charge on any atom is -0.352 e. The number of pyridine rings is 1. The van der Waals surface area contributed by atoms with Crippen LogP contribution in [-0.2, 0) is 12.0 Å². The van der Waals surface area contributed by atoms with Crippen molar-refractivity contribution < 1.29 is 18.0 Å². The predicted octanol–water partition coefficient (Wildman–Crippen LogP) is 4.41. The summed E-state index contributed by atoms with van der Waals surface area (Å²) >= 11 is 0.953. The zero-order valence-corrected chi connectivity index (χ0v) is 18.2. The summed E-state index contributed by atoms with van der Waals surface area (Å²) in [5.74, 6) is 0. The highest BCUT2D eigenvalue weighted by molar-refractivity contribution is 7.10. The Kier molecular flexibility index (Phi) is 6.15. The quantitative estimate of drug-likeness (QED) is 0.627. The van der Waals surface area contributed by atoms with E-state index in [1.165, 1.54) is 6.07 Å². The molecule has 5 nitrogen and oxygen atoms in total. The predicted molar refractivity (Wildman–Crippen MR) is 111 cm³/mol. The molecule has 9 heteroatoms. The standard InChI is InChI=1S/C21H27F3N4OS/c1-14-4-5-15(12-26-14)19(2,3)28-11-10-20(13-28,21(23,24)27-18(25)29)9-8-16-6-7-17(22)30-16/h4-7,12H,8-11,13H2,1-3H3,(H3,25,27,29). The highest BCUT2D eigenvalue weighted by Crippen LogP contribution is 2.49. The van der Waals surface area contributed by atoms with Gasteiger partial charge in [-0.3, -0.25) is 15.2 Å². The van der Waals surface area contributed by atoms with Gasteiger partial charge in [-0.25, -0.2) is 4.79 Å². The van der Waals surface area contributed by atoms with Crippen molar-refractivity contribution in [3.05, 3.63) is 51.7 Å². The Bertz CT molecular complexity index is 900. The fraction of sp³-hybridized carbons (Fsp3) is 0.524. The third kappa shape index (κ3) is 4.46. The smallest absolute Gasteiger partial charge is 0.333 e. The molecule has 0 radical (unpaired) electrons. The third-order valence-electron chi connectivity index (χ3n) is 6.19. The lowest BCUT2D eigenvalue weighted by molar-refractivity contribution is -0.139. The molecule has 3 heterocycles. The molecule has 0 spiro atoms. The molecule has 1 aliphatic heterocycles. The van der Waals surface area contributed by atoms with Crippen LogP contribution in [0.2, 0.25) is 0 Å². The number of carbonyl (C=O) groups is 1.